The first-order chi connectivity index (χ1) is 11.3. The summed E-state index contributed by atoms with van der Waals surface area (Å²) in [6.45, 7) is 1.58. The van der Waals surface area contributed by atoms with Crippen molar-refractivity contribution in [2.24, 2.45) is 0 Å². The van der Waals surface area contributed by atoms with Crippen LogP contribution < -0.4 is 10.1 Å². The van der Waals surface area contributed by atoms with Gasteiger partial charge >= 0.3 is 0 Å². The van der Waals surface area contributed by atoms with E-state index in [2.05, 4.69) is 5.32 Å². The van der Waals surface area contributed by atoms with Gasteiger partial charge in [-0.25, -0.2) is 0 Å². The molecule has 2 aromatic carbocycles. The first kappa shape index (κ1) is 18.3. The fourth-order valence-electron chi connectivity index (χ4n) is 2.90. The quantitative estimate of drug-likeness (QED) is 0.917. The number of likely N-dealkylation sites (tertiary alicyclic amines) is 1. The Bertz CT molecular complexity index is 663. The van der Waals surface area contributed by atoms with Crippen molar-refractivity contribution in [3.63, 3.8) is 0 Å². The van der Waals surface area contributed by atoms with Gasteiger partial charge in [0.2, 0.25) is 0 Å². The van der Waals surface area contributed by atoms with Crippen LogP contribution in [0.3, 0.4) is 0 Å². The van der Waals surface area contributed by atoms with Crippen molar-refractivity contribution in [2.45, 2.75) is 18.9 Å². The van der Waals surface area contributed by atoms with Crippen LogP contribution in [0.1, 0.15) is 23.2 Å². The molecule has 0 saturated carbocycles. The SMILES string of the molecule is CNC1CCCN(C(=O)c2cccc(Oc3ccccc3)c2)C1.Cl. The van der Waals surface area contributed by atoms with Crippen LogP contribution in [0.15, 0.2) is 54.6 Å². The van der Waals surface area contributed by atoms with Crippen molar-refractivity contribution in [1.29, 1.82) is 0 Å². The van der Waals surface area contributed by atoms with Crippen molar-refractivity contribution in [3.05, 3.63) is 60.2 Å². The Morgan fingerprint density at radius 2 is 1.88 bits per heavy atom. The van der Waals surface area contributed by atoms with Crippen LogP contribution in [0.25, 0.3) is 0 Å². The topological polar surface area (TPSA) is 41.6 Å². The predicted molar refractivity (Wildman–Crippen MR) is 98.2 cm³/mol. The molecule has 1 aliphatic heterocycles. The number of benzene rings is 2. The first-order valence-electron chi connectivity index (χ1n) is 8.06. The largest absolute Gasteiger partial charge is 0.457 e. The van der Waals surface area contributed by atoms with E-state index in [0.29, 0.717) is 17.4 Å². The minimum Gasteiger partial charge on any atom is -0.457 e. The van der Waals surface area contributed by atoms with Crippen molar-refractivity contribution in [3.8, 4) is 11.5 Å². The maximum Gasteiger partial charge on any atom is 0.254 e. The van der Waals surface area contributed by atoms with Crippen LogP contribution in [-0.4, -0.2) is 37.0 Å². The maximum atomic E-state index is 12.7. The van der Waals surface area contributed by atoms with Gasteiger partial charge in [-0.2, -0.15) is 0 Å². The second-order valence-corrected chi connectivity index (χ2v) is 5.82. The molecule has 0 aliphatic carbocycles. The van der Waals surface area contributed by atoms with Crippen molar-refractivity contribution in [1.82, 2.24) is 10.2 Å². The average molecular weight is 347 g/mol. The van der Waals surface area contributed by atoms with E-state index in [0.717, 1.165) is 31.7 Å². The Labute approximate surface area is 149 Å². The minimum absolute atomic E-state index is 0. The zero-order valence-corrected chi connectivity index (χ0v) is 14.6. The van der Waals surface area contributed by atoms with E-state index in [-0.39, 0.29) is 18.3 Å². The smallest absolute Gasteiger partial charge is 0.254 e. The maximum absolute atomic E-state index is 12.7. The Hall–Kier alpha value is -2.04. The molecule has 1 saturated heterocycles. The number of halogens is 1. The number of hydrogen-bond donors (Lipinski definition) is 1. The number of nitrogens with zero attached hydrogens (tertiary/aromatic N) is 1. The van der Waals surface area contributed by atoms with Gasteiger partial charge < -0.3 is 15.0 Å². The second-order valence-electron chi connectivity index (χ2n) is 5.82. The summed E-state index contributed by atoms with van der Waals surface area (Å²) in [5, 5.41) is 3.27. The van der Waals surface area contributed by atoms with Gasteiger partial charge in [0, 0.05) is 24.7 Å². The van der Waals surface area contributed by atoms with Gasteiger partial charge in [-0.15, -0.1) is 12.4 Å². The molecule has 1 fully saturated rings. The molecule has 1 atom stereocenters. The number of rotatable bonds is 4. The first-order valence-corrected chi connectivity index (χ1v) is 8.06. The van der Waals surface area contributed by atoms with E-state index in [9.17, 15) is 4.79 Å². The van der Waals surface area contributed by atoms with Crippen molar-refractivity contribution < 1.29 is 9.53 Å². The summed E-state index contributed by atoms with van der Waals surface area (Å²) in [5.41, 5.74) is 0.676. The molecule has 5 heteroatoms. The standard InChI is InChI=1S/C19H22N2O2.ClH/c1-20-16-8-6-12-21(14-16)19(22)15-7-5-11-18(13-15)23-17-9-3-2-4-10-17;/h2-5,7,9-11,13,16,20H,6,8,12,14H2,1H3;1H. The van der Waals surface area contributed by atoms with Gasteiger partial charge in [-0.1, -0.05) is 24.3 Å². The van der Waals surface area contributed by atoms with Gasteiger partial charge in [0.15, 0.2) is 0 Å². The molecule has 3 rings (SSSR count). The fraction of sp³-hybridized carbons (Fsp3) is 0.316. The van der Waals surface area contributed by atoms with Crippen molar-refractivity contribution in [2.75, 3.05) is 20.1 Å². The second kappa shape index (κ2) is 8.71. The van der Waals surface area contributed by atoms with Gasteiger partial charge in [-0.3, -0.25) is 4.79 Å². The molecule has 4 nitrogen and oxygen atoms in total. The highest BCUT2D eigenvalue weighted by atomic mass is 35.5. The number of piperidine rings is 1. The third-order valence-electron chi connectivity index (χ3n) is 4.18. The number of likely N-dealkylation sites (N-methyl/N-ethyl adjacent to an activating group) is 1. The molecule has 24 heavy (non-hydrogen) atoms. The summed E-state index contributed by atoms with van der Waals surface area (Å²) in [5.74, 6) is 1.53. The molecule has 1 heterocycles. The van der Waals surface area contributed by atoms with Crippen LogP contribution >= 0.6 is 12.4 Å². The molecule has 128 valence electrons. The summed E-state index contributed by atoms with van der Waals surface area (Å²) < 4.78 is 5.82. The minimum atomic E-state index is 0. The molecular weight excluding hydrogens is 324 g/mol. The molecule has 1 N–H and O–H groups in total. The van der Waals surface area contributed by atoms with Crippen molar-refractivity contribution >= 4 is 18.3 Å². The predicted octanol–water partition coefficient (Wildman–Crippen LogP) is 3.72. The lowest BCUT2D eigenvalue weighted by Crippen LogP contribution is -2.46. The third-order valence-corrected chi connectivity index (χ3v) is 4.18. The number of para-hydroxylation sites is 1. The molecule has 0 radical (unpaired) electrons. The van der Waals surface area contributed by atoms with E-state index >= 15 is 0 Å². The Morgan fingerprint density at radius 3 is 2.62 bits per heavy atom. The molecule has 0 aromatic heterocycles. The van der Waals surface area contributed by atoms with Crippen LogP contribution in [0.5, 0.6) is 11.5 Å². The number of carbonyl (C=O) groups excluding carboxylic acids is 1. The zero-order chi connectivity index (χ0) is 16.1. The summed E-state index contributed by atoms with van der Waals surface area (Å²) in [6.07, 6.45) is 2.16. The number of hydrogen-bond acceptors (Lipinski definition) is 3. The fourth-order valence-corrected chi connectivity index (χ4v) is 2.90. The monoisotopic (exact) mass is 346 g/mol. The van der Waals surface area contributed by atoms with Gasteiger partial charge in [0.05, 0.1) is 0 Å². The normalized spacial score (nSPS) is 17.0. The molecule has 0 bridgehead atoms. The van der Waals surface area contributed by atoms with E-state index in [1.54, 1.807) is 0 Å². The van der Waals surface area contributed by atoms with Crippen LogP contribution in [0.4, 0.5) is 0 Å². The molecule has 1 unspecified atom stereocenters. The molecular formula is C19H23ClN2O2. The summed E-state index contributed by atoms with van der Waals surface area (Å²) in [6, 6.07) is 17.4. The third kappa shape index (κ3) is 4.49. The van der Waals surface area contributed by atoms with Gasteiger partial charge in [0.25, 0.3) is 5.91 Å². The Balaban J connectivity index is 0.00000208. The van der Waals surface area contributed by atoms with Crippen LogP contribution in [-0.2, 0) is 0 Å². The van der Waals surface area contributed by atoms with E-state index in [1.807, 2.05) is 66.5 Å². The number of ether oxygens (including phenoxy) is 1. The molecule has 2 aromatic rings. The number of amides is 1. The number of carbonyl (C=O) groups is 1. The lowest BCUT2D eigenvalue weighted by atomic mass is 10.0. The average Bonchev–Trinajstić information content (AvgIpc) is 2.62. The molecule has 1 aliphatic rings. The zero-order valence-electron chi connectivity index (χ0n) is 13.8. The van der Waals surface area contributed by atoms with E-state index in [4.69, 9.17) is 4.74 Å². The summed E-state index contributed by atoms with van der Waals surface area (Å²) >= 11 is 0. The molecule has 1 amide bonds. The Kier molecular flexibility index (Phi) is 6.64. The number of nitrogens with one attached hydrogen (secondary N) is 1. The van der Waals surface area contributed by atoms with Gasteiger partial charge in [0.1, 0.15) is 11.5 Å². The highest BCUT2D eigenvalue weighted by molar-refractivity contribution is 5.94. The Morgan fingerprint density at radius 1 is 1.12 bits per heavy atom. The summed E-state index contributed by atoms with van der Waals surface area (Å²) in [4.78, 5) is 14.6. The highest BCUT2D eigenvalue weighted by Gasteiger charge is 2.23. The van der Waals surface area contributed by atoms with Crippen LogP contribution in [0.2, 0.25) is 0 Å². The lowest BCUT2D eigenvalue weighted by Gasteiger charge is -2.32. The van der Waals surface area contributed by atoms with E-state index in [1.165, 1.54) is 0 Å². The van der Waals surface area contributed by atoms with Gasteiger partial charge in [-0.05, 0) is 50.2 Å². The van der Waals surface area contributed by atoms with E-state index < -0.39 is 0 Å². The highest BCUT2D eigenvalue weighted by Crippen LogP contribution is 2.23. The molecule has 0 spiro atoms. The lowest BCUT2D eigenvalue weighted by molar-refractivity contribution is 0.0698. The van der Waals surface area contributed by atoms with Crippen LogP contribution in [0, 0.1) is 0 Å². The summed E-state index contributed by atoms with van der Waals surface area (Å²) in [7, 11) is 1.95.